The zero-order chi connectivity index (χ0) is 26.0. The van der Waals surface area contributed by atoms with Gasteiger partial charge in [-0.1, -0.05) is 72.8 Å². The van der Waals surface area contributed by atoms with Crippen LogP contribution in [-0.2, 0) is 34.0 Å². The van der Waals surface area contributed by atoms with Crippen LogP contribution in [0.3, 0.4) is 0 Å². The molecule has 37 heavy (non-hydrogen) atoms. The van der Waals surface area contributed by atoms with Gasteiger partial charge >= 0.3 is 12.1 Å². The molecule has 0 spiro atoms. The SMILES string of the molecule is O=C(N[C@H](Cc1cccc(OCc2ccccc2)c1)C(=O)O)[C@H]1CCCN1C(=O)OCc1ccccc1. The average molecular weight is 503 g/mol. The smallest absolute Gasteiger partial charge is 0.410 e. The van der Waals surface area contributed by atoms with Crippen LogP contribution in [0.5, 0.6) is 5.75 Å². The summed E-state index contributed by atoms with van der Waals surface area (Å²) >= 11 is 0. The fourth-order valence-corrected chi connectivity index (χ4v) is 4.27. The van der Waals surface area contributed by atoms with Gasteiger partial charge in [-0.2, -0.15) is 0 Å². The predicted octanol–water partition coefficient (Wildman–Crippen LogP) is 4.18. The number of hydrogen-bond acceptors (Lipinski definition) is 5. The summed E-state index contributed by atoms with van der Waals surface area (Å²) in [6.07, 6.45) is 0.574. The van der Waals surface area contributed by atoms with Gasteiger partial charge in [0.2, 0.25) is 5.91 Å². The number of rotatable bonds is 10. The van der Waals surface area contributed by atoms with Gasteiger partial charge in [-0.15, -0.1) is 0 Å². The molecule has 1 heterocycles. The molecule has 1 aliphatic heterocycles. The molecule has 8 nitrogen and oxygen atoms in total. The Morgan fingerprint density at radius 3 is 2.22 bits per heavy atom. The van der Waals surface area contributed by atoms with Crippen molar-refractivity contribution in [1.29, 1.82) is 0 Å². The van der Waals surface area contributed by atoms with E-state index in [9.17, 15) is 19.5 Å². The Morgan fingerprint density at radius 1 is 0.892 bits per heavy atom. The molecule has 0 aliphatic carbocycles. The number of carboxylic acid groups (broad SMARTS) is 1. The summed E-state index contributed by atoms with van der Waals surface area (Å²) in [6, 6.07) is 24.2. The Hall–Kier alpha value is -4.33. The van der Waals surface area contributed by atoms with Crippen LogP contribution < -0.4 is 10.1 Å². The van der Waals surface area contributed by atoms with E-state index in [1.165, 1.54) is 4.90 Å². The van der Waals surface area contributed by atoms with E-state index < -0.39 is 30.1 Å². The van der Waals surface area contributed by atoms with Gasteiger partial charge < -0.3 is 19.9 Å². The molecule has 3 aromatic carbocycles. The number of carboxylic acids is 1. The summed E-state index contributed by atoms with van der Waals surface area (Å²) in [7, 11) is 0. The molecule has 8 heteroatoms. The molecular formula is C29H30N2O6. The van der Waals surface area contributed by atoms with Crippen LogP contribution in [0.25, 0.3) is 0 Å². The number of ether oxygens (including phenoxy) is 2. The second kappa shape index (κ2) is 12.6. The van der Waals surface area contributed by atoms with Gasteiger partial charge in [0.05, 0.1) is 0 Å². The Bertz CT molecular complexity index is 1200. The third-order valence-electron chi connectivity index (χ3n) is 6.20. The third kappa shape index (κ3) is 7.33. The minimum absolute atomic E-state index is 0.0782. The van der Waals surface area contributed by atoms with E-state index >= 15 is 0 Å². The van der Waals surface area contributed by atoms with Gasteiger partial charge in [-0.3, -0.25) is 9.69 Å². The molecule has 2 amide bonds. The van der Waals surface area contributed by atoms with Crippen molar-refractivity contribution in [1.82, 2.24) is 10.2 Å². The van der Waals surface area contributed by atoms with Crippen LogP contribution in [-0.4, -0.2) is 46.6 Å². The Balaban J connectivity index is 1.34. The van der Waals surface area contributed by atoms with Crippen molar-refractivity contribution in [3.63, 3.8) is 0 Å². The van der Waals surface area contributed by atoms with Crippen molar-refractivity contribution >= 4 is 18.0 Å². The summed E-state index contributed by atoms with van der Waals surface area (Å²) in [5.74, 6) is -1.04. The van der Waals surface area contributed by atoms with Crippen LogP contribution in [0, 0.1) is 0 Å². The van der Waals surface area contributed by atoms with E-state index in [1.54, 1.807) is 24.3 Å². The predicted molar refractivity (Wildman–Crippen MR) is 137 cm³/mol. The number of nitrogens with zero attached hydrogens (tertiary/aromatic N) is 1. The fourth-order valence-electron chi connectivity index (χ4n) is 4.27. The van der Waals surface area contributed by atoms with Crippen LogP contribution in [0.1, 0.15) is 29.5 Å². The normalized spacial score (nSPS) is 15.6. The maximum Gasteiger partial charge on any atom is 0.410 e. The quantitative estimate of drug-likeness (QED) is 0.431. The number of benzene rings is 3. The first-order chi connectivity index (χ1) is 18.0. The molecule has 1 saturated heterocycles. The average Bonchev–Trinajstić information content (AvgIpc) is 3.42. The number of hydrogen-bond donors (Lipinski definition) is 2. The van der Waals surface area contributed by atoms with Crippen LogP contribution in [0.15, 0.2) is 84.9 Å². The lowest BCUT2D eigenvalue weighted by Crippen LogP contribution is -2.51. The van der Waals surface area contributed by atoms with Gasteiger partial charge in [-0.25, -0.2) is 9.59 Å². The summed E-state index contributed by atoms with van der Waals surface area (Å²) in [4.78, 5) is 39.0. The van der Waals surface area contributed by atoms with E-state index in [-0.39, 0.29) is 13.0 Å². The molecule has 0 bridgehead atoms. The highest BCUT2D eigenvalue weighted by molar-refractivity contribution is 5.89. The number of aliphatic carboxylic acids is 1. The minimum Gasteiger partial charge on any atom is -0.489 e. The van der Waals surface area contributed by atoms with Crippen molar-refractivity contribution in [2.75, 3.05) is 6.54 Å². The van der Waals surface area contributed by atoms with E-state index in [4.69, 9.17) is 9.47 Å². The highest BCUT2D eigenvalue weighted by Crippen LogP contribution is 2.20. The van der Waals surface area contributed by atoms with Crippen molar-refractivity contribution in [2.24, 2.45) is 0 Å². The summed E-state index contributed by atoms with van der Waals surface area (Å²) in [5.41, 5.74) is 2.58. The van der Waals surface area contributed by atoms with Crippen LogP contribution >= 0.6 is 0 Å². The molecule has 0 radical (unpaired) electrons. The molecule has 0 saturated carbocycles. The van der Waals surface area contributed by atoms with E-state index in [2.05, 4.69) is 5.32 Å². The zero-order valence-electron chi connectivity index (χ0n) is 20.4. The topological polar surface area (TPSA) is 105 Å². The molecule has 4 rings (SSSR count). The molecule has 192 valence electrons. The maximum absolute atomic E-state index is 13.0. The van der Waals surface area contributed by atoms with E-state index in [0.717, 1.165) is 11.1 Å². The lowest BCUT2D eigenvalue weighted by molar-refractivity contribution is -0.142. The maximum atomic E-state index is 13.0. The Kier molecular flexibility index (Phi) is 8.75. The molecule has 0 unspecified atom stereocenters. The van der Waals surface area contributed by atoms with Gasteiger partial charge in [0.1, 0.15) is 31.0 Å². The summed E-state index contributed by atoms with van der Waals surface area (Å²) in [5, 5.41) is 12.4. The fraction of sp³-hybridized carbons (Fsp3) is 0.276. The molecule has 1 fully saturated rings. The summed E-state index contributed by atoms with van der Waals surface area (Å²) < 4.78 is 11.2. The Labute approximate surface area is 215 Å². The van der Waals surface area contributed by atoms with Crippen molar-refractivity contribution in [2.45, 2.75) is 44.6 Å². The molecule has 0 aromatic heterocycles. The second-order valence-electron chi connectivity index (χ2n) is 8.92. The first-order valence-corrected chi connectivity index (χ1v) is 12.3. The lowest BCUT2D eigenvalue weighted by Gasteiger charge is -2.25. The number of carbonyl (C=O) groups excluding carboxylic acids is 2. The van der Waals surface area contributed by atoms with E-state index in [1.807, 2.05) is 60.7 Å². The molecule has 3 aromatic rings. The van der Waals surface area contributed by atoms with Gasteiger partial charge in [0.25, 0.3) is 0 Å². The lowest BCUT2D eigenvalue weighted by atomic mass is 10.0. The number of carbonyl (C=O) groups is 3. The van der Waals surface area contributed by atoms with Gasteiger partial charge in [0, 0.05) is 13.0 Å². The zero-order valence-corrected chi connectivity index (χ0v) is 20.4. The Morgan fingerprint density at radius 2 is 1.54 bits per heavy atom. The molecule has 2 atom stereocenters. The second-order valence-corrected chi connectivity index (χ2v) is 8.92. The van der Waals surface area contributed by atoms with Crippen LogP contribution in [0.2, 0.25) is 0 Å². The number of nitrogens with one attached hydrogen (secondary N) is 1. The van der Waals surface area contributed by atoms with Crippen molar-refractivity contribution in [3.8, 4) is 5.75 Å². The highest BCUT2D eigenvalue weighted by Gasteiger charge is 2.36. The van der Waals surface area contributed by atoms with Crippen molar-refractivity contribution < 1.29 is 29.0 Å². The summed E-state index contributed by atoms with van der Waals surface area (Å²) in [6.45, 7) is 0.871. The largest absolute Gasteiger partial charge is 0.489 e. The minimum atomic E-state index is -1.15. The molecule has 2 N–H and O–H groups in total. The van der Waals surface area contributed by atoms with Gasteiger partial charge in [0.15, 0.2) is 0 Å². The van der Waals surface area contributed by atoms with Gasteiger partial charge in [-0.05, 0) is 41.7 Å². The first kappa shape index (κ1) is 25.8. The molecule has 1 aliphatic rings. The monoisotopic (exact) mass is 502 g/mol. The molecular weight excluding hydrogens is 472 g/mol. The van der Waals surface area contributed by atoms with Crippen LogP contribution in [0.4, 0.5) is 4.79 Å². The standard InChI is InChI=1S/C29H30N2O6/c32-27(26-15-8-16-31(26)29(35)37-20-22-11-5-2-6-12-22)30-25(28(33)34)18-23-13-7-14-24(17-23)36-19-21-9-3-1-4-10-21/h1-7,9-14,17,25-26H,8,15-16,18-20H2,(H,30,32)(H,33,34)/t25-,26-/m1/s1. The first-order valence-electron chi connectivity index (χ1n) is 12.3. The number of amides is 2. The third-order valence-corrected chi connectivity index (χ3v) is 6.20. The number of likely N-dealkylation sites (tertiary alicyclic amines) is 1. The van der Waals surface area contributed by atoms with E-state index in [0.29, 0.717) is 37.3 Å². The highest BCUT2D eigenvalue weighted by atomic mass is 16.6. The van der Waals surface area contributed by atoms with Crippen molar-refractivity contribution in [3.05, 3.63) is 102 Å².